The van der Waals surface area contributed by atoms with Gasteiger partial charge in [0.1, 0.15) is 12.1 Å². The fourth-order valence-corrected chi connectivity index (χ4v) is 1.34. The van der Waals surface area contributed by atoms with Crippen molar-refractivity contribution in [2.24, 2.45) is 0 Å². The van der Waals surface area contributed by atoms with Crippen LogP contribution in [0.5, 0.6) is 0 Å². The number of pyridine rings is 1. The van der Waals surface area contributed by atoms with Crippen LogP contribution in [-0.4, -0.2) is 21.1 Å². The van der Waals surface area contributed by atoms with Crippen LogP contribution >= 0.6 is 0 Å². The number of nitrogens with one attached hydrogen (secondary N) is 1. The van der Waals surface area contributed by atoms with Crippen molar-refractivity contribution in [2.45, 2.75) is 13.5 Å². The zero-order valence-corrected chi connectivity index (χ0v) is 8.72. The highest BCUT2D eigenvalue weighted by molar-refractivity contribution is 5.25. The molecule has 0 fully saturated rings. The quantitative estimate of drug-likeness (QED) is 0.814. The molecule has 0 saturated heterocycles. The second kappa shape index (κ2) is 4.70. The summed E-state index contributed by atoms with van der Waals surface area (Å²) < 4.78 is 1.89. The Morgan fingerprint density at radius 2 is 2.33 bits per heavy atom. The Morgan fingerprint density at radius 3 is 2.93 bits per heavy atom. The van der Waals surface area contributed by atoms with Gasteiger partial charge in [-0.05, 0) is 18.2 Å². The van der Waals surface area contributed by atoms with Crippen molar-refractivity contribution in [3.05, 3.63) is 42.6 Å². The molecule has 4 nitrogen and oxygen atoms in total. The van der Waals surface area contributed by atoms with Crippen LogP contribution in [0.1, 0.15) is 12.5 Å². The minimum Gasteiger partial charge on any atom is -0.313 e. The van der Waals surface area contributed by atoms with Gasteiger partial charge in [0.15, 0.2) is 0 Å². The highest BCUT2D eigenvalue weighted by Crippen LogP contribution is 2.04. The summed E-state index contributed by atoms with van der Waals surface area (Å²) in [6.07, 6.45) is 7.25. The van der Waals surface area contributed by atoms with Crippen LogP contribution in [-0.2, 0) is 6.54 Å². The van der Waals surface area contributed by atoms with Crippen molar-refractivity contribution in [3.8, 4) is 5.82 Å². The summed E-state index contributed by atoms with van der Waals surface area (Å²) in [6.45, 7) is 3.93. The minimum absolute atomic E-state index is 0.869. The maximum absolute atomic E-state index is 4.36. The molecule has 0 aliphatic rings. The molecular weight excluding hydrogens is 188 g/mol. The first-order valence-electron chi connectivity index (χ1n) is 5.04. The van der Waals surface area contributed by atoms with Crippen molar-refractivity contribution < 1.29 is 0 Å². The van der Waals surface area contributed by atoms with Crippen molar-refractivity contribution in [1.29, 1.82) is 0 Å². The van der Waals surface area contributed by atoms with Crippen LogP contribution in [0, 0.1) is 0 Å². The molecule has 2 rings (SSSR count). The van der Waals surface area contributed by atoms with Crippen LogP contribution < -0.4 is 5.32 Å². The highest BCUT2D eigenvalue weighted by atomic mass is 15.1. The fourth-order valence-electron chi connectivity index (χ4n) is 1.34. The second-order valence-corrected chi connectivity index (χ2v) is 3.27. The normalized spacial score (nSPS) is 10.5. The minimum atomic E-state index is 0.869. The van der Waals surface area contributed by atoms with E-state index in [0.717, 1.165) is 18.9 Å². The molecule has 0 aromatic carbocycles. The molecule has 0 unspecified atom stereocenters. The van der Waals surface area contributed by atoms with Gasteiger partial charge >= 0.3 is 0 Å². The molecule has 0 aliphatic carbocycles. The highest BCUT2D eigenvalue weighted by Gasteiger charge is 1.97. The summed E-state index contributed by atoms with van der Waals surface area (Å²) in [5, 5.41) is 3.26. The number of imidazole rings is 1. The number of hydrogen-bond donors (Lipinski definition) is 1. The lowest BCUT2D eigenvalue weighted by Crippen LogP contribution is -2.11. The molecule has 0 saturated carbocycles. The standard InChI is InChI=1S/C11H14N4/c1-2-12-7-10-3-4-11(14-8-10)15-6-5-13-9-15/h3-6,8-9,12H,2,7H2,1H3. The molecule has 2 heterocycles. The maximum Gasteiger partial charge on any atom is 0.137 e. The lowest BCUT2D eigenvalue weighted by molar-refractivity contribution is 0.723. The Kier molecular flexibility index (Phi) is 3.09. The van der Waals surface area contributed by atoms with Gasteiger partial charge in [0, 0.05) is 25.1 Å². The van der Waals surface area contributed by atoms with Crippen molar-refractivity contribution >= 4 is 0 Å². The van der Waals surface area contributed by atoms with Crippen LogP contribution in [0.4, 0.5) is 0 Å². The molecule has 0 atom stereocenters. The van der Waals surface area contributed by atoms with E-state index in [1.807, 2.05) is 23.0 Å². The van der Waals surface area contributed by atoms with Gasteiger partial charge in [-0.2, -0.15) is 0 Å². The lowest BCUT2D eigenvalue weighted by atomic mass is 10.3. The van der Waals surface area contributed by atoms with Crippen LogP contribution in [0.25, 0.3) is 5.82 Å². The molecule has 0 radical (unpaired) electrons. The molecule has 78 valence electrons. The molecule has 0 bridgehead atoms. The van der Waals surface area contributed by atoms with E-state index < -0.39 is 0 Å². The third-order valence-electron chi connectivity index (χ3n) is 2.16. The van der Waals surface area contributed by atoms with E-state index in [4.69, 9.17) is 0 Å². The smallest absolute Gasteiger partial charge is 0.137 e. The SMILES string of the molecule is CCNCc1ccc(-n2ccnc2)nc1. The van der Waals surface area contributed by atoms with Gasteiger partial charge in [-0.1, -0.05) is 13.0 Å². The van der Waals surface area contributed by atoms with Gasteiger partial charge in [-0.15, -0.1) is 0 Å². The first kappa shape index (κ1) is 9.86. The van der Waals surface area contributed by atoms with E-state index in [9.17, 15) is 0 Å². The van der Waals surface area contributed by atoms with Crippen LogP contribution in [0.3, 0.4) is 0 Å². The van der Waals surface area contributed by atoms with E-state index in [2.05, 4.69) is 28.3 Å². The van der Waals surface area contributed by atoms with E-state index in [1.165, 1.54) is 5.56 Å². The van der Waals surface area contributed by atoms with E-state index in [0.29, 0.717) is 0 Å². The number of nitrogens with zero attached hydrogens (tertiary/aromatic N) is 3. The predicted molar refractivity (Wildman–Crippen MR) is 58.7 cm³/mol. The molecule has 15 heavy (non-hydrogen) atoms. The van der Waals surface area contributed by atoms with Crippen LogP contribution in [0.2, 0.25) is 0 Å². The van der Waals surface area contributed by atoms with E-state index >= 15 is 0 Å². The molecule has 0 spiro atoms. The third-order valence-corrected chi connectivity index (χ3v) is 2.16. The summed E-state index contributed by atoms with van der Waals surface area (Å²) in [5.74, 6) is 0.896. The molecule has 2 aromatic heterocycles. The van der Waals surface area contributed by atoms with Crippen LogP contribution in [0.15, 0.2) is 37.1 Å². The zero-order valence-electron chi connectivity index (χ0n) is 8.72. The average Bonchev–Trinajstić information content (AvgIpc) is 2.80. The first-order valence-corrected chi connectivity index (χ1v) is 5.04. The topological polar surface area (TPSA) is 42.7 Å². The molecule has 4 heteroatoms. The average molecular weight is 202 g/mol. The van der Waals surface area contributed by atoms with Gasteiger partial charge in [-0.25, -0.2) is 9.97 Å². The predicted octanol–water partition coefficient (Wildman–Crippen LogP) is 1.38. The maximum atomic E-state index is 4.36. The van der Waals surface area contributed by atoms with Crippen molar-refractivity contribution in [1.82, 2.24) is 19.9 Å². The van der Waals surface area contributed by atoms with Gasteiger partial charge in [0.05, 0.1) is 0 Å². The largest absolute Gasteiger partial charge is 0.313 e. The fraction of sp³-hybridized carbons (Fsp3) is 0.273. The van der Waals surface area contributed by atoms with E-state index in [1.54, 1.807) is 12.5 Å². The molecule has 1 N–H and O–H groups in total. The Balaban J connectivity index is 2.11. The number of aromatic nitrogens is 3. The van der Waals surface area contributed by atoms with Crippen molar-refractivity contribution in [2.75, 3.05) is 6.54 Å². The zero-order chi connectivity index (χ0) is 10.5. The Morgan fingerprint density at radius 1 is 1.40 bits per heavy atom. The van der Waals surface area contributed by atoms with E-state index in [-0.39, 0.29) is 0 Å². The number of rotatable bonds is 4. The molecule has 2 aromatic rings. The summed E-state index contributed by atoms with van der Waals surface area (Å²) in [4.78, 5) is 8.34. The Bertz CT molecular complexity index is 391. The summed E-state index contributed by atoms with van der Waals surface area (Å²) in [6, 6.07) is 4.07. The Hall–Kier alpha value is -1.68. The van der Waals surface area contributed by atoms with Crippen molar-refractivity contribution in [3.63, 3.8) is 0 Å². The van der Waals surface area contributed by atoms with Gasteiger partial charge in [0.2, 0.25) is 0 Å². The summed E-state index contributed by atoms with van der Waals surface area (Å²) >= 11 is 0. The van der Waals surface area contributed by atoms with Gasteiger partial charge in [-0.3, -0.25) is 4.57 Å². The molecule has 0 aliphatic heterocycles. The molecular formula is C11H14N4. The first-order chi connectivity index (χ1) is 7.40. The summed E-state index contributed by atoms with van der Waals surface area (Å²) in [7, 11) is 0. The lowest BCUT2D eigenvalue weighted by Gasteiger charge is -2.03. The molecule has 0 amide bonds. The number of hydrogen-bond acceptors (Lipinski definition) is 3. The monoisotopic (exact) mass is 202 g/mol. The Labute approximate surface area is 89.0 Å². The summed E-state index contributed by atoms with van der Waals surface area (Å²) in [5.41, 5.74) is 1.20. The third kappa shape index (κ3) is 2.41. The van der Waals surface area contributed by atoms with Gasteiger partial charge in [0.25, 0.3) is 0 Å². The van der Waals surface area contributed by atoms with Gasteiger partial charge < -0.3 is 5.32 Å². The second-order valence-electron chi connectivity index (χ2n) is 3.27.